The van der Waals surface area contributed by atoms with Crippen LogP contribution in [0.25, 0.3) is 5.76 Å². The number of ether oxygens (including phenoxy) is 1. The van der Waals surface area contributed by atoms with Gasteiger partial charge in [0.15, 0.2) is 0 Å². The van der Waals surface area contributed by atoms with Gasteiger partial charge in [0.2, 0.25) is 0 Å². The van der Waals surface area contributed by atoms with E-state index in [1.165, 1.54) is 6.08 Å². The Labute approximate surface area is 142 Å². The molecule has 4 nitrogen and oxygen atoms in total. The standard InChI is InChI=1S/C20H21NO3/c1-20(2,3)19(23)24-17(15-10-6-4-7-11-15)14-18(22)21-16-12-8-5-9-13-16/h4-14H,1-3H3,(H,21,22)/b17-14+. The van der Waals surface area contributed by atoms with Crippen molar-refractivity contribution < 1.29 is 14.3 Å². The van der Waals surface area contributed by atoms with Crippen LogP contribution in [0.1, 0.15) is 26.3 Å². The van der Waals surface area contributed by atoms with Gasteiger partial charge < -0.3 is 10.1 Å². The monoisotopic (exact) mass is 323 g/mol. The lowest BCUT2D eigenvalue weighted by Crippen LogP contribution is -2.23. The maximum Gasteiger partial charge on any atom is 0.316 e. The van der Waals surface area contributed by atoms with Gasteiger partial charge in [-0.05, 0) is 32.9 Å². The van der Waals surface area contributed by atoms with E-state index in [4.69, 9.17) is 4.74 Å². The highest BCUT2D eigenvalue weighted by atomic mass is 16.5. The van der Waals surface area contributed by atoms with Gasteiger partial charge in [-0.3, -0.25) is 9.59 Å². The Hall–Kier alpha value is -2.88. The minimum atomic E-state index is -0.663. The average molecular weight is 323 g/mol. The van der Waals surface area contributed by atoms with Crippen molar-refractivity contribution in [3.8, 4) is 0 Å². The second-order valence-corrected chi connectivity index (χ2v) is 6.37. The van der Waals surface area contributed by atoms with Crippen LogP contribution in [0.4, 0.5) is 5.69 Å². The minimum absolute atomic E-state index is 0.226. The highest BCUT2D eigenvalue weighted by Gasteiger charge is 2.25. The Morgan fingerprint density at radius 3 is 2.00 bits per heavy atom. The van der Waals surface area contributed by atoms with E-state index in [1.54, 1.807) is 45.0 Å². The van der Waals surface area contributed by atoms with E-state index in [1.807, 2.05) is 36.4 Å². The molecule has 2 aromatic carbocycles. The first kappa shape index (κ1) is 17.5. The molecule has 0 aliphatic carbocycles. The summed E-state index contributed by atoms with van der Waals surface area (Å²) in [5.41, 5.74) is 0.677. The Bertz CT molecular complexity index is 728. The fourth-order valence-electron chi connectivity index (χ4n) is 1.85. The molecular weight excluding hydrogens is 302 g/mol. The molecule has 124 valence electrons. The Kier molecular flexibility index (Phi) is 5.53. The smallest absolute Gasteiger partial charge is 0.316 e. The summed E-state index contributed by atoms with van der Waals surface area (Å²) < 4.78 is 5.47. The van der Waals surface area contributed by atoms with Gasteiger partial charge in [-0.1, -0.05) is 48.5 Å². The number of benzene rings is 2. The summed E-state index contributed by atoms with van der Waals surface area (Å²) in [5.74, 6) is -0.532. The zero-order valence-corrected chi connectivity index (χ0v) is 14.1. The number of hydrogen-bond acceptors (Lipinski definition) is 3. The number of amides is 1. The third-order valence-corrected chi connectivity index (χ3v) is 3.18. The van der Waals surface area contributed by atoms with Gasteiger partial charge in [0.25, 0.3) is 5.91 Å². The van der Waals surface area contributed by atoms with Crippen LogP contribution >= 0.6 is 0 Å². The van der Waals surface area contributed by atoms with Crippen molar-refractivity contribution in [2.24, 2.45) is 5.41 Å². The first-order valence-corrected chi connectivity index (χ1v) is 7.72. The Morgan fingerprint density at radius 2 is 1.46 bits per heavy atom. The van der Waals surface area contributed by atoms with Crippen molar-refractivity contribution in [3.05, 3.63) is 72.3 Å². The van der Waals surface area contributed by atoms with Crippen molar-refractivity contribution in [2.45, 2.75) is 20.8 Å². The molecule has 0 aliphatic heterocycles. The largest absolute Gasteiger partial charge is 0.425 e. The summed E-state index contributed by atoms with van der Waals surface area (Å²) in [7, 11) is 0. The molecule has 0 saturated heterocycles. The molecule has 4 heteroatoms. The first-order valence-electron chi connectivity index (χ1n) is 7.72. The second kappa shape index (κ2) is 7.59. The number of nitrogens with one attached hydrogen (secondary N) is 1. The van der Waals surface area contributed by atoms with Crippen LogP contribution in [0.5, 0.6) is 0 Å². The minimum Gasteiger partial charge on any atom is -0.425 e. The molecule has 0 aliphatic rings. The number of hydrogen-bond donors (Lipinski definition) is 1. The zero-order valence-electron chi connectivity index (χ0n) is 14.1. The lowest BCUT2D eigenvalue weighted by atomic mass is 9.97. The number of esters is 1. The van der Waals surface area contributed by atoms with Crippen molar-refractivity contribution in [1.82, 2.24) is 0 Å². The van der Waals surface area contributed by atoms with Gasteiger partial charge >= 0.3 is 5.97 Å². The van der Waals surface area contributed by atoms with Gasteiger partial charge in [0, 0.05) is 17.3 Å². The maximum absolute atomic E-state index is 12.2. The van der Waals surface area contributed by atoms with Crippen molar-refractivity contribution in [2.75, 3.05) is 5.32 Å². The fourth-order valence-corrected chi connectivity index (χ4v) is 1.85. The topological polar surface area (TPSA) is 55.4 Å². The number of para-hydroxylation sites is 1. The van der Waals surface area contributed by atoms with Gasteiger partial charge in [0.1, 0.15) is 5.76 Å². The van der Waals surface area contributed by atoms with Gasteiger partial charge in [-0.25, -0.2) is 0 Å². The third kappa shape index (κ3) is 5.09. The van der Waals surface area contributed by atoms with E-state index in [-0.39, 0.29) is 11.7 Å². The predicted molar refractivity (Wildman–Crippen MR) is 95.0 cm³/mol. The second-order valence-electron chi connectivity index (χ2n) is 6.37. The number of anilines is 1. The molecule has 24 heavy (non-hydrogen) atoms. The van der Waals surface area contributed by atoms with Crippen LogP contribution in [0.15, 0.2) is 66.7 Å². The van der Waals surface area contributed by atoms with Crippen molar-refractivity contribution in [3.63, 3.8) is 0 Å². The molecule has 0 aromatic heterocycles. The SMILES string of the molecule is CC(C)(C)C(=O)O/C(=C/C(=O)Nc1ccccc1)c1ccccc1. The highest BCUT2D eigenvalue weighted by Crippen LogP contribution is 2.23. The number of carbonyl (C=O) groups excluding carboxylic acids is 2. The van der Waals surface area contributed by atoms with Crippen LogP contribution in [0.3, 0.4) is 0 Å². The Balaban J connectivity index is 2.25. The number of rotatable bonds is 4. The predicted octanol–water partition coefficient (Wildman–Crippen LogP) is 4.26. The van der Waals surface area contributed by atoms with Gasteiger partial charge in [-0.2, -0.15) is 0 Å². The van der Waals surface area contributed by atoms with Crippen LogP contribution < -0.4 is 5.32 Å². The van der Waals surface area contributed by atoms with E-state index in [9.17, 15) is 9.59 Å². The molecule has 0 unspecified atom stereocenters. The molecule has 0 atom stereocenters. The summed E-state index contributed by atoms with van der Waals surface area (Å²) in [5, 5.41) is 2.75. The summed E-state index contributed by atoms with van der Waals surface area (Å²) in [6.45, 7) is 5.30. The molecule has 2 aromatic rings. The lowest BCUT2D eigenvalue weighted by Gasteiger charge is -2.18. The van der Waals surface area contributed by atoms with Crippen LogP contribution in [0, 0.1) is 5.41 Å². The van der Waals surface area contributed by atoms with Crippen molar-refractivity contribution >= 4 is 23.3 Å². The molecule has 0 radical (unpaired) electrons. The molecule has 1 N–H and O–H groups in total. The Morgan fingerprint density at radius 1 is 0.917 bits per heavy atom. The summed E-state index contributed by atoms with van der Waals surface area (Å²) in [6, 6.07) is 18.2. The molecule has 1 amide bonds. The molecular formula is C20H21NO3. The zero-order chi connectivity index (χ0) is 17.6. The van der Waals surface area contributed by atoms with E-state index in [0.29, 0.717) is 11.3 Å². The lowest BCUT2D eigenvalue weighted by molar-refractivity contribution is -0.145. The summed E-state index contributed by atoms with van der Waals surface area (Å²) in [4.78, 5) is 24.4. The van der Waals surface area contributed by atoms with E-state index >= 15 is 0 Å². The van der Waals surface area contributed by atoms with E-state index in [0.717, 1.165) is 0 Å². The number of carbonyl (C=O) groups is 2. The fraction of sp³-hybridized carbons (Fsp3) is 0.200. The van der Waals surface area contributed by atoms with Crippen LogP contribution in [-0.4, -0.2) is 11.9 Å². The van der Waals surface area contributed by atoms with E-state index in [2.05, 4.69) is 5.32 Å². The molecule has 0 spiro atoms. The van der Waals surface area contributed by atoms with Crippen LogP contribution in [0.2, 0.25) is 0 Å². The van der Waals surface area contributed by atoms with Crippen molar-refractivity contribution in [1.29, 1.82) is 0 Å². The highest BCUT2D eigenvalue weighted by molar-refractivity contribution is 6.04. The molecule has 0 bridgehead atoms. The average Bonchev–Trinajstić information content (AvgIpc) is 2.55. The summed E-state index contributed by atoms with van der Waals surface area (Å²) >= 11 is 0. The molecule has 2 rings (SSSR count). The van der Waals surface area contributed by atoms with Crippen LogP contribution in [-0.2, 0) is 14.3 Å². The van der Waals surface area contributed by atoms with E-state index < -0.39 is 11.4 Å². The first-order chi connectivity index (χ1) is 11.4. The summed E-state index contributed by atoms with van der Waals surface area (Å²) in [6.07, 6.45) is 1.30. The third-order valence-electron chi connectivity index (χ3n) is 3.18. The quantitative estimate of drug-likeness (QED) is 0.520. The normalized spacial score (nSPS) is 11.7. The maximum atomic E-state index is 12.2. The molecule has 0 fully saturated rings. The molecule has 0 heterocycles. The molecule has 0 saturated carbocycles. The van der Waals surface area contributed by atoms with Gasteiger partial charge in [0.05, 0.1) is 5.41 Å². The van der Waals surface area contributed by atoms with Gasteiger partial charge in [-0.15, -0.1) is 0 Å².